The molecule has 0 bridgehead atoms. The van der Waals surface area contributed by atoms with Gasteiger partial charge in [0, 0.05) is 12.1 Å². The highest BCUT2D eigenvalue weighted by atomic mass is 15.2. The summed E-state index contributed by atoms with van der Waals surface area (Å²) in [7, 11) is 0. The summed E-state index contributed by atoms with van der Waals surface area (Å²) in [6.45, 7) is 7.82. The van der Waals surface area contributed by atoms with Crippen LogP contribution in [-0.4, -0.2) is 23.5 Å². The molecule has 1 nitrogen and oxygen atoms in total. The van der Waals surface area contributed by atoms with Crippen LogP contribution in [0.3, 0.4) is 0 Å². The van der Waals surface area contributed by atoms with Crippen molar-refractivity contribution in [3.8, 4) is 0 Å². The van der Waals surface area contributed by atoms with Crippen molar-refractivity contribution in [3.63, 3.8) is 0 Å². The smallest absolute Gasteiger partial charge is 0.0136 e. The number of fused-ring (bicyclic) bond motifs is 1. The van der Waals surface area contributed by atoms with Crippen LogP contribution in [0, 0.1) is 0 Å². The van der Waals surface area contributed by atoms with Crippen LogP contribution in [0.4, 0.5) is 0 Å². The second-order valence-electron chi connectivity index (χ2n) is 4.63. The zero-order valence-corrected chi connectivity index (χ0v) is 8.76. The van der Waals surface area contributed by atoms with Gasteiger partial charge in [-0.05, 0) is 38.6 Å². The SMILES string of the molecule is C=C1C[C@@H](CCC)N2CCC[C@@H]2C1. The van der Waals surface area contributed by atoms with E-state index in [1.807, 2.05) is 0 Å². The van der Waals surface area contributed by atoms with Crippen molar-refractivity contribution in [2.24, 2.45) is 0 Å². The maximum atomic E-state index is 4.18. The highest BCUT2D eigenvalue weighted by molar-refractivity contribution is 5.08. The minimum absolute atomic E-state index is 0.832. The quantitative estimate of drug-likeness (QED) is 0.589. The first-order chi connectivity index (χ1) is 6.31. The van der Waals surface area contributed by atoms with Crippen LogP contribution in [-0.2, 0) is 0 Å². The summed E-state index contributed by atoms with van der Waals surface area (Å²) in [4.78, 5) is 2.75. The molecule has 0 aliphatic carbocycles. The molecule has 74 valence electrons. The highest BCUT2D eigenvalue weighted by Crippen LogP contribution is 2.34. The highest BCUT2D eigenvalue weighted by Gasteiger charge is 2.34. The lowest BCUT2D eigenvalue weighted by molar-refractivity contribution is 0.142. The maximum absolute atomic E-state index is 4.18. The Morgan fingerprint density at radius 1 is 1.46 bits per heavy atom. The normalized spacial score (nSPS) is 35.0. The molecule has 2 atom stereocenters. The first kappa shape index (κ1) is 9.26. The van der Waals surface area contributed by atoms with Gasteiger partial charge in [-0.25, -0.2) is 0 Å². The average molecular weight is 179 g/mol. The summed E-state index contributed by atoms with van der Waals surface area (Å²) in [5, 5.41) is 0. The third kappa shape index (κ3) is 1.80. The van der Waals surface area contributed by atoms with Crippen LogP contribution in [0.1, 0.15) is 45.4 Å². The molecular formula is C12H21N. The number of piperidine rings is 1. The van der Waals surface area contributed by atoms with Gasteiger partial charge in [0.2, 0.25) is 0 Å². The summed E-state index contributed by atoms with van der Waals surface area (Å²) < 4.78 is 0. The first-order valence-electron chi connectivity index (χ1n) is 5.73. The van der Waals surface area contributed by atoms with Gasteiger partial charge < -0.3 is 0 Å². The topological polar surface area (TPSA) is 3.24 Å². The zero-order chi connectivity index (χ0) is 9.26. The predicted molar refractivity (Wildman–Crippen MR) is 56.8 cm³/mol. The van der Waals surface area contributed by atoms with E-state index >= 15 is 0 Å². The van der Waals surface area contributed by atoms with E-state index in [0.29, 0.717) is 0 Å². The lowest BCUT2D eigenvalue weighted by Gasteiger charge is -2.38. The minimum atomic E-state index is 0.832. The molecule has 0 aromatic carbocycles. The standard InChI is InChI=1S/C12H21N/c1-3-5-11-8-10(2)9-12-6-4-7-13(11)12/h11-12H,2-9H2,1H3/t11-,12-/m1/s1. The van der Waals surface area contributed by atoms with Gasteiger partial charge in [0.15, 0.2) is 0 Å². The molecule has 2 rings (SSSR count). The summed E-state index contributed by atoms with van der Waals surface area (Å²) in [5.74, 6) is 0. The molecule has 0 amide bonds. The Morgan fingerprint density at radius 2 is 2.31 bits per heavy atom. The number of hydrogen-bond acceptors (Lipinski definition) is 1. The Hall–Kier alpha value is -0.300. The van der Waals surface area contributed by atoms with Crippen molar-refractivity contribution in [1.29, 1.82) is 0 Å². The Morgan fingerprint density at radius 3 is 3.08 bits per heavy atom. The fraction of sp³-hybridized carbons (Fsp3) is 0.833. The molecule has 0 aromatic rings. The van der Waals surface area contributed by atoms with Gasteiger partial charge in [0.25, 0.3) is 0 Å². The molecule has 0 aromatic heterocycles. The molecule has 2 aliphatic rings. The third-order valence-electron chi connectivity index (χ3n) is 3.56. The van der Waals surface area contributed by atoms with Gasteiger partial charge in [-0.3, -0.25) is 4.90 Å². The van der Waals surface area contributed by atoms with E-state index in [1.165, 1.54) is 50.6 Å². The molecule has 0 N–H and O–H groups in total. The van der Waals surface area contributed by atoms with Crippen LogP contribution in [0.2, 0.25) is 0 Å². The van der Waals surface area contributed by atoms with Gasteiger partial charge >= 0.3 is 0 Å². The van der Waals surface area contributed by atoms with Crippen molar-refractivity contribution < 1.29 is 0 Å². The van der Waals surface area contributed by atoms with Gasteiger partial charge in [-0.2, -0.15) is 0 Å². The van der Waals surface area contributed by atoms with Crippen LogP contribution < -0.4 is 0 Å². The van der Waals surface area contributed by atoms with Crippen molar-refractivity contribution in [1.82, 2.24) is 4.90 Å². The molecule has 2 fully saturated rings. The van der Waals surface area contributed by atoms with Gasteiger partial charge in [-0.1, -0.05) is 25.5 Å². The van der Waals surface area contributed by atoms with Crippen LogP contribution >= 0.6 is 0 Å². The summed E-state index contributed by atoms with van der Waals surface area (Å²) >= 11 is 0. The zero-order valence-electron chi connectivity index (χ0n) is 8.76. The van der Waals surface area contributed by atoms with E-state index in [0.717, 1.165) is 12.1 Å². The van der Waals surface area contributed by atoms with Crippen molar-refractivity contribution in [2.45, 2.75) is 57.5 Å². The van der Waals surface area contributed by atoms with E-state index in [9.17, 15) is 0 Å². The molecule has 2 saturated heterocycles. The van der Waals surface area contributed by atoms with Crippen LogP contribution in [0.5, 0.6) is 0 Å². The molecule has 0 spiro atoms. The molecule has 2 heterocycles. The second-order valence-corrected chi connectivity index (χ2v) is 4.63. The predicted octanol–water partition coefficient (Wildman–Crippen LogP) is 2.97. The van der Waals surface area contributed by atoms with E-state index in [-0.39, 0.29) is 0 Å². The molecule has 13 heavy (non-hydrogen) atoms. The van der Waals surface area contributed by atoms with Crippen LogP contribution in [0.25, 0.3) is 0 Å². The number of rotatable bonds is 2. The lowest BCUT2D eigenvalue weighted by atomic mass is 9.90. The minimum Gasteiger partial charge on any atom is -0.297 e. The number of nitrogens with zero attached hydrogens (tertiary/aromatic N) is 1. The molecule has 1 heteroatoms. The van der Waals surface area contributed by atoms with E-state index < -0.39 is 0 Å². The van der Waals surface area contributed by atoms with Gasteiger partial charge in [0.1, 0.15) is 0 Å². The Labute approximate surface area is 81.8 Å². The largest absolute Gasteiger partial charge is 0.297 e. The lowest BCUT2D eigenvalue weighted by Crippen LogP contribution is -2.43. The average Bonchev–Trinajstić information content (AvgIpc) is 2.52. The summed E-state index contributed by atoms with van der Waals surface area (Å²) in [6, 6.07) is 1.69. The number of hydrogen-bond donors (Lipinski definition) is 0. The molecule has 2 aliphatic heterocycles. The Balaban J connectivity index is 2.03. The van der Waals surface area contributed by atoms with Gasteiger partial charge in [0.05, 0.1) is 0 Å². The van der Waals surface area contributed by atoms with Crippen molar-refractivity contribution in [3.05, 3.63) is 12.2 Å². The van der Waals surface area contributed by atoms with E-state index in [1.54, 1.807) is 0 Å². The molecular weight excluding hydrogens is 158 g/mol. The summed E-state index contributed by atoms with van der Waals surface area (Å²) in [5.41, 5.74) is 1.50. The second kappa shape index (κ2) is 3.83. The Bertz CT molecular complexity index is 197. The van der Waals surface area contributed by atoms with Crippen molar-refractivity contribution in [2.75, 3.05) is 6.54 Å². The monoisotopic (exact) mass is 179 g/mol. The first-order valence-corrected chi connectivity index (χ1v) is 5.73. The maximum Gasteiger partial charge on any atom is 0.0136 e. The molecule has 0 saturated carbocycles. The Kier molecular flexibility index (Phi) is 2.73. The fourth-order valence-corrected chi connectivity index (χ4v) is 3.03. The van der Waals surface area contributed by atoms with Crippen LogP contribution in [0.15, 0.2) is 12.2 Å². The molecule has 0 radical (unpaired) electrons. The fourth-order valence-electron chi connectivity index (χ4n) is 3.03. The van der Waals surface area contributed by atoms with E-state index in [4.69, 9.17) is 0 Å². The van der Waals surface area contributed by atoms with Crippen molar-refractivity contribution >= 4 is 0 Å². The third-order valence-corrected chi connectivity index (χ3v) is 3.56. The molecule has 0 unspecified atom stereocenters. The van der Waals surface area contributed by atoms with E-state index in [2.05, 4.69) is 18.4 Å². The van der Waals surface area contributed by atoms with Gasteiger partial charge in [-0.15, -0.1) is 0 Å². The summed E-state index contributed by atoms with van der Waals surface area (Å²) in [6.07, 6.45) is 8.07.